The molecule has 0 N–H and O–H groups in total. The van der Waals surface area contributed by atoms with E-state index in [2.05, 4.69) is 13.8 Å². The molecular weight excluding hydrogens is 401 g/mol. The van der Waals surface area contributed by atoms with E-state index in [-0.39, 0.29) is 23.1 Å². The number of carbonyl (C=O) groups excluding carboxylic acids is 2. The van der Waals surface area contributed by atoms with Crippen LogP contribution in [0.25, 0.3) is 0 Å². The quantitative estimate of drug-likeness (QED) is 0.374. The van der Waals surface area contributed by atoms with Crippen molar-refractivity contribution in [3.05, 3.63) is 70.8 Å². The number of hydrogen-bond acceptors (Lipinski definition) is 4. The van der Waals surface area contributed by atoms with Crippen molar-refractivity contribution in [2.24, 2.45) is 0 Å². The molecule has 2 aromatic carbocycles. The molecule has 164 valence electrons. The van der Waals surface area contributed by atoms with Crippen LogP contribution in [-0.4, -0.2) is 35.0 Å². The number of carboxylic acids is 2. The van der Waals surface area contributed by atoms with Crippen molar-refractivity contribution in [3.8, 4) is 0 Å². The minimum atomic E-state index is -1.07. The molecule has 0 aliphatic rings. The summed E-state index contributed by atoms with van der Waals surface area (Å²) in [4.78, 5) is 21.6. The van der Waals surface area contributed by atoms with Gasteiger partial charge in [-0.1, -0.05) is 101 Å². The smallest absolute Gasteiger partial charge is 0.545 e. The van der Waals surface area contributed by atoms with E-state index in [9.17, 15) is 19.8 Å². The minimum absolute atomic E-state index is 0. The predicted octanol–water partition coefficient (Wildman–Crippen LogP) is 3.97. The first kappa shape index (κ1) is 29.1. The Labute approximate surface area is 203 Å². The average Bonchev–Trinajstić information content (AvgIpc) is 2.75. The maximum absolute atomic E-state index is 10.8. The Morgan fingerprint density at radius 2 is 0.968 bits per heavy atom. The van der Waals surface area contributed by atoms with Crippen molar-refractivity contribution in [1.82, 2.24) is 0 Å². The van der Waals surface area contributed by atoms with Crippen molar-refractivity contribution < 1.29 is 19.8 Å². The van der Waals surface area contributed by atoms with Crippen LogP contribution >= 0.6 is 0 Å². The van der Waals surface area contributed by atoms with Gasteiger partial charge in [0.15, 0.2) is 0 Å². The molecule has 0 amide bonds. The first-order valence-corrected chi connectivity index (χ1v) is 11.1. The van der Waals surface area contributed by atoms with Gasteiger partial charge in [-0.15, -0.1) is 0 Å². The van der Waals surface area contributed by atoms with E-state index in [1.165, 1.54) is 25.7 Å². The summed E-state index contributed by atoms with van der Waals surface area (Å²) in [5.74, 6) is -2.14. The van der Waals surface area contributed by atoms with Gasteiger partial charge >= 0.3 is 23.1 Å². The summed E-state index contributed by atoms with van der Waals surface area (Å²) in [6.07, 6.45) is 10.9. The molecule has 0 atom stereocenters. The largest absolute Gasteiger partial charge is 2.00 e. The molecular formula is C26H34MgO4. The fraction of sp³-hybridized carbons (Fsp3) is 0.462. The van der Waals surface area contributed by atoms with Crippen LogP contribution in [-0.2, 0) is 12.8 Å². The third-order valence-corrected chi connectivity index (χ3v) is 5.07. The third-order valence-electron chi connectivity index (χ3n) is 5.07. The molecule has 0 aliphatic heterocycles. The van der Waals surface area contributed by atoms with Gasteiger partial charge in [0.05, 0.1) is 11.9 Å². The molecule has 5 heteroatoms. The summed E-state index contributed by atoms with van der Waals surface area (Å²) in [6.45, 7) is 4.32. The predicted molar refractivity (Wildman–Crippen MR) is 123 cm³/mol. The molecule has 2 rings (SSSR count). The Kier molecular flexibility index (Phi) is 16.7. The van der Waals surface area contributed by atoms with Crippen LogP contribution < -0.4 is 10.2 Å². The minimum Gasteiger partial charge on any atom is -0.545 e. The van der Waals surface area contributed by atoms with Gasteiger partial charge in [0.2, 0.25) is 0 Å². The SMILES string of the molecule is CCCCCCc1ccccc1C(=O)[O-].CCCCCCc1ccccc1C(=O)[O-].[Mg+2]. The number of carbonyl (C=O) groups is 2. The summed E-state index contributed by atoms with van der Waals surface area (Å²) >= 11 is 0. The molecule has 0 unspecified atom stereocenters. The summed E-state index contributed by atoms with van der Waals surface area (Å²) < 4.78 is 0. The van der Waals surface area contributed by atoms with Gasteiger partial charge in [-0.05, 0) is 36.8 Å². The Balaban J connectivity index is 0.000000562. The number of aryl methyl sites for hydroxylation is 2. The first-order valence-electron chi connectivity index (χ1n) is 11.1. The van der Waals surface area contributed by atoms with Crippen LogP contribution in [0.2, 0.25) is 0 Å². The van der Waals surface area contributed by atoms with Crippen LogP contribution in [0.5, 0.6) is 0 Å². The Hall–Kier alpha value is -1.85. The number of unbranched alkanes of at least 4 members (excludes halogenated alkanes) is 6. The van der Waals surface area contributed by atoms with Crippen molar-refractivity contribution in [2.45, 2.75) is 78.1 Å². The van der Waals surface area contributed by atoms with Crippen LogP contribution in [0.15, 0.2) is 48.5 Å². The summed E-state index contributed by atoms with van der Waals surface area (Å²) in [6, 6.07) is 14.2. The molecule has 31 heavy (non-hydrogen) atoms. The van der Waals surface area contributed by atoms with Crippen LogP contribution in [0.3, 0.4) is 0 Å². The monoisotopic (exact) mass is 434 g/mol. The molecule has 0 radical (unpaired) electrons. The van der Waals surface area contributed by atoms with Gasteiger partial charge in [0.25, 0.3) is 0 Å². The zero-order chi connectivity index (χ0) is 22.2. The Bertz CT molecular complexity index is 708. The van der Waals surface area contributed by atoms with Gasteiger partial charge in [0, 0.05) is 11.1 Å². The summed E-state index contributed by atoms with van der Waals surface area (Å²) in [5.41, 5.74) is 2.48. The number of carboxylic acid groups (broad SMARTS) is 2. The second-order valence-corrected chi connectivity index (χ2v) is 7.51. The number of rotatable bonds is 12. The second kappa shape index (κ2) is 17.8. The molecule has 0 saturated carbocycles. The van der Waals surface area contributed by atoms with E-state index in [0.29, 0.717) is 11.1 Å². The van der Waals surface area contributed by atoms with Gasteiger partial charge in [-0.2, -0.15) is 0 Å². The fourth-order valence-corrected chi connectivity index (χ4v) is 3.36. The Morgan fingerprint density at radius 1 is 0.613 bits per heavy atom. The normalized spacial score (nSPS) is 9.87. The molecule has 0 fully saturated rings. The van der Waals surface area contributed by atoms with Crippen molar-refractivity contribution in [3.63, 3.8) is 0 Å². The standard InChI is InChI=1S/2C13H18O2.Mg/c2*1-2-3-4-5-8-11-9-6-7-10-12(11)13(14)15;/h2*6-7,9-10H,2-5,8H2,1H3,(H,14,15);/q;;+2/p-2. The third kappa shape index (κ3) is 11.9. The van der Waals surface area contributed by atoms with E-state index in [1.807, 2.05) is 24.3 Å². The fourth-order valence-electron chi connectivity index (χ4n) is 3.36. The van der Waals surface area contributed by atoms with Crippen molar-refractivity contribution in [2.75, 3.05) is 0 Å². The maximum atomic E-state index is 10.8. The summed E-state index contributed by atoms with van der Waals surface area (Å²) in [7, 11) is 0. The summed E-state index contributed by atoms with van der Waals surface area (Å²) in [5, 5.41) is 21.6. The van der Waals surface area contributed by atoms with E-state index in [0.717, 1.165) is 49.7 Å². The van der Waals surface area contributed by atoms with Gasteiger partial charge in [0.1, 0.15) is 0 Å². The van der Waals surface area contributed by atoms with Crippen LogP contribution in [0.1, 0.15) is 97.1 Å². The molecule has 0 heterocycles. The average molecular weight is 435 g/mol. The van der Waals surface area contributed by atoms with Crippen molar-refractivity contribution in [1.29, 1.82) is 0 Å². The van der Waals surface area contributed by atoms with Crippen LogP contribution in [0.4, 0.5) is 0 Å². The molecule has 2 aromatic rings. The van der Waals surface area contributed by atoms with Gasteiger partial charge in [-0.3, -0.25) is 0 Å². The van der Waals surface area contributed by atoms with Crippen LogP contribution in [0, 0.1) is 0 Å². The van der Waals surface area contributed by atoms with Crippen molar-refractivity contribution >= 4 is 35.0 Å². The van der Waals surface area contributed by atoms with E-state index in [1.54, 1.807) is 24.3 Å². The topological polar surface area (TPSA) is 80.3 Å². The van der Waals surface area contributed by atoms with E-state index >= 15 is 0 Å². The zero-order valence-electron chi connectivity index (χ0n) is 19.0. The maximum Gasteiger partial charge on any atom is 2.00 e. The molecule has 0 bridgehead atoms. The molecule has 0 aliphatic carbocycles. The number of hydrogen-bond donors (Lipinski definition) is 0. The Morgan fingerprint density at radius 3 is 1.29 bits per heavy atom. The number of benzene rings is 2. The molecule has 0 aromatic heterocycles. The first-order chi connectivity index (χ1) is 14.5. The van der Waals surface area contributed by atoms with Gasteiger partial charge < -0.3 is 19.8 Å². The zero-order valence-corrected chi connectivity index (χ0v) is 20.4. The molecule has 0 spiro atoms. The van der Waals surface area contributed by atoms with Gasteiger partial charge in [-0.25, -0.2) is 0 Å². The number of aromatic carboxylic acids is 2. The second-order valence-electron chi connectivity index (χ2n) is 7.51. The van der Waals surface area contributed by atoms with E-state index < -0.39 is 11.9 Å². The molecule has 4 nitrogen and oxygen atoms in total. The van der Waals surface area contributed by atoms with E-state index in [4.69, 9.17) is 0 Å². The molecule has 0 saturated heterocycles.